The van der Waals surface area contributed by atoms with Crippen LogP contribution in [0.15, 0.2) is 18.2 Å². The number of hydrogen-bond donors (Lipinski definition) is 2. The van der Waals surface area contributed by atoms with Gasteiger partial charge in [0.05, 0.1) is 7.11 Å². The Morgan fingerprint density at radius 2 is 2.00 bits per heavy atom. The molecule has 0 aliphatic carbocycles. The highest BCUT2D eigenvalue weighted by atomic mass is 16.5. The van der Waals surface area contributed by atoms with Crippen LogP contribution in [0.3, 0.4) is 0 Å². The highest BCUT2D eigenvalue weighted by molar-refractivity contribution is 5.40. The fraction of sp³-hybridized carbons (Fsp3) is 0.538. The summed E-state index contributed by atoms with van der Waals surface area (Å²) in [5.41, 5.74) is 14.0. The molecule has 0 spiro atoms. The summed E-state index contributed by atoms with van der Waals surface area (Å²) >= 11 is 0. The molecule has 0 amide bonds. The number of hydrogen-bond acceptors (Lipinski definition) is 3. The predicted molar refractivity (Wildman–Crippen MR) is 67.7 cm³/mol. The summed E-state index contributed by atoms with van der Waals surface area (Å²) < 4.78 is 5.33. The number of ether oxygens (including phenoxy) is 1. The first kappa shape index (κ1) is 13.0. The van der Waals surface area contributed by atoms with Crippen molar-refractivity contribution in [2.24, 2.45) is 11.5 Å². The quantitative estimate of drug-likeness (QED) is 0.802. The maximum absolute atomic E-state index is 6.09. The molecule has 0 aliphatic rings. The van der Waals surface area contributed by atoms with Crippen LogP contribution < -0.4 is 16.2 Å². The lowest BCUT2D eigenvalue weighted by Gasteiger charge is -2.17. The van der Waals surface area contributed by atoms with Crippen molar-refractivity contribution in [2.45, 2.75) is 32.2 Å². The third-order valence-electron chi connectivity index (χ3n) is 2.80. The molecule has 0 saturated heterocycles. The standard InChI is InChI=1S/C13H22N2O/c1-9(2)10-4-5-13(16-3)11(8-10)12(15)6-7-14/h4-5,8-9,12H,6-7,14-15H2,1-3H3. The smallest absolute Gasteiger partial charge is 0.123 e. The molecule has 0 fully saturated rings. The lowest BCUT2D eigenvalue weighted by atomic mass is 9.96. The first-order valence-corrected chi connectivity index (χ1v) is 5.73. The van der Waals surface area contributed by atoms with Gasteiger partial charge in [0.25, 0.3) is 0 Å². The molecule has 90 valence electrons. The zero-order chi connectivity index (χ0) is 12.1. The highest BCUT2D eigenvalue weighted by Gasteiger charge is 2.13. The summed E-state index contributed by atoms with van der Waals surface area (Å²) in [6, 6.07) is 6.16. The van der Waals surface area contributed by atoms with E-state index in [2.05, 4.69) is 26.0 Å². The van der Waals surface area contributed by atoms with E-state index in [9.17, 15) is 0 Å². The molecule has 16 heavy (non-hydrogen) atoms. The zero-order valence-electron chi connectivity index (χ0n) is 10.4. The minimum atomic E-state index is -0.0429. The molecule has 1 aromatic carbocycles. The van der Waals surface area contributed by atoms with Gasteiger partial charge >= 0.3 is 0 Å². The molecule has 0 radical (unpaired) electrons. The Morgan fingerprint density at radius 3 is 2.50 bits per heavy atom. The molecule has 0 aliphatic heterocycles. The highest BCUT2D eigenvalue weighted by Crippen LogP contribution is 2.29. The van der Waals surface area contributed by atoms with Crippen molar-refractivity contribution < 1.29 is 4.74 Å². The lowest BCUT2D eigenvalue weighted by Crippen LogP contribution is -2.16. The van der Waals surface area contributed by atoms with Crippen molar-refractivity contribution in [1.82, 2.24) is 0 Å². The number of methoxy groups -OCH3 is 1. The summed E-state index contributed by atoms with van der Waals surface area (Å²) in [6.07, 6.45) is 0.776. The molecular weight excluding hydrogens is 200 g/mol. The van der Waals surface area contributed by atoms with Crippen molar-refractivity contribution in [1.29, 1.82) is 0 Å². The Morgan fingerprint density at radius 1 is 1.31 bits per heavy atom. The van der Waals surface area contributed by atoms with Crippen molar-refractivity contribution in [3.63, 3.8) is 0 Å². The van der Waals surface area contributed by atoms with Gasteiger partial charge in [0, 0.05) is 11.6 Å². The Bertz CT molecular complexity index is 337. The van der Waals surface area contributed by atoms with Crippen LogP contribution in [0, 0.1) is 0 Å². The van der Waals surface area contributed by atoms with Crippen molar-refractivity contribution in [3.05, 3.63) is 29.3 Å². The summed E-state index contributed by atoms with van der Waals surface area (Å²) in [7, 11) is 1.67. The minimum Gasteiger partial charge on any atom is -0.496 e. The normalized spacial score (nSPS) is 12.9. The van der Waals surface area contributed by atoms with Crippen LogP contribution in [0.4, 0.5) is 0 Å². The van der Waals surface area contributed by atoms with Crippen molar-refractivity contribution >= 4 is 0 Å². The van der Waals surface area contributed by atoms with Gasteiger partial charge in [0.15, 0.2) is 0 Å². The van der Waals surface area contributed by atoms with Crippen LogP contribution in [-0.4, -0.2) is 13.7 Å². The van der Waals surface area contributed by atoms with E-state index in [1.54, 1.807) is 7.11 Å². The number of benzene rings is 1. The molecule has 1 atom stereocenters. The lowest BCUT2D eigenvalue weighted by molar-refractivity contribution is 0.404. The van der Waals surface area contributed by atoms with Gasteiger partial charge in [-0.3, -0.25) is 0 Å². The minimum absolute atomic E-state index is 0.0429. The van der Waals surface area contributed by atoms with Gasteiger partial charge in [0.1, 0.15) is 5.75 Å². The molecule has 0 aromatic heterocycles. The van der Waals surface area contributed by atoms with Crippen LogP contribution in [0.25, 0.3) is 0 Å². The van der Waals surface area contributed by atoms with E-state index < -0.39 is 0 Å². The second kappa shape index (κ2) is 5.87. The Hall–Kier alpha value is -1.06. The molecule has 3 nitrogen and oxygen atoms in total. The summed E-state index contributed by atoms with van der Waals surface area (Å²) in [4.78, 5) is 0. The van der Waals surface area contributed by atoms with E-state index in [-0.39, 0.29) is 6.04 Å². The third kappa shape index (κ3) is 2.97. The van der Waals surface area contributed by atoms with Crippen molar-refractivity contribution in [3.8, 4) is 5.75 Å². The molecule has 0 bridgehead atoms. The first-order valence-electron chi connectivity index (χ1n) is 5.73. The molecule has 4 N–H and O–H groups in total. The molecular formula is C13H22N2O. The molecule has 3 heteroatoms. The second-order valence-corrected chi connectivity index (χ2v) is 4.34. The fourth-order valence-electron chi connectivity index (χ4n) is 1.74. The van der Waals surface area contributed by atoms with E-state index in [1.165, 1.54) is 5.56 Å². The summed E-state index contributed by atoms with van der Waals surface area (Å²) in [5, 5.41) is 0. The third-order valence-corrected chi connectivity index (χ3v) is 2.80. The average Bonchev–Trinajstić information content (AvgIpc) is 2.28. The zero-order valence-corrected chi connectivity index (χ0v) is 10.4. The van der Waals surface area contributed by atoms with E-state index >= 15 is 0 Å². The van der Waals surface area contributed by atoms with Crippen LogP contribution in [-0.2, 0) is 0 Å². The monoisotopic (exact) mass is 222 g/mol. The van der Waals surface area contributed by atoms with Crippen LogP contribution in [0.5, 0.6) is 5.75 Å². The fourth-order valence-corrected chi connectivity index (χ4v) is 1.74. The Balaban J connectivity index is 3.06. The molecule has 0 saturated carbocycles. The predicted octanol–water partition coefficient (Wildman–Crippen LogP) is 2.17. The number of nitrogens with two attached hydrogens (primary N) is 2. The van der Waals surface area contributed by atoms with Crippen LogP contribution in [0.1, 0.15) is 43.4 Å². The topological polar surface area (TPSA) is 61.3 Å². The second-order valence-electron chi connectivity index (χ2n) is 4.34. The van der Waals surface area contributed by atoms with Gasteiger partial charge in [-0.05, 0) is 30.5 Å². The Kier molecular flexibility index (Phi) is 4.77. The van der Waals surface area contributed by atoms with E-state index in [0.29, 0.717) is 12.5 Å². The van der Waals surface area contributed by atoms with E-state index in [4.69, 9.17) is 16.2 Å². The molecule has 0 heterocycles. The van der Waals surface area contributed by atoms with E-state index in [0.717, 1.165) is 17.7 Å². The average molecular weight is 222 g/mol. The first-order chi connectivity index (χ1) is 7.60. The summed E-state index contributed by atoms with van der Waals surface area (Å²) in [6.45, 7) is 4.93. The number of rotatable bonds is 5. The largest absolute Gasteiger partial charge is 0.496 e. The van der Waals surface area contributed by atoms with Gasteiger partial charge < -0.3 is 16.2 Å². The van der Waals surface area contributed by atoms with Gasteiger partial charge in [0.2, 0.25) is 0 Å². The van der Waals surface area contributed by atoms with Gasteiger partial charge in [-0.2, -0.15) is 0 Å². The van der Waals surface area contributed by atoms with E-state index in [1.807, 2.05) is 6.07 Å². The van der Waals surface area contributed by atoms with Gasteiger partial charge in [-0.15, -0.1) is 0 Å². The van der Waals surface area contributed by atoms with Crippen LogP contribution in [0.2, 0.25) is 0 Å². The SMILES string of the molecule is COc1ccc(C(C)C)cc1C(N)CCN. The summed E-state index contributed by atoms with van der Waals surface area (Å²) in [5.74, 6) is 1.35. The van der Waals surface area contributed by atoms with Crippen LogP contribution >= 0.6 is 0 Å². The maximum Gasteiger partial charge on any atom is 0.123 e. The van der Waals surface area contributed by atoms with Gasteiger partial charge in [-0.1, -0.05) is 26.0 Å². The van der Waals surface area contributed by atoms with Gasteiger partial charge in [-0.25, -0.2) is 0 Å². The molecule has 1 rings (SSSR count). The molecule has 1 unspecified atom stereocenters. The maximum atomic E-state index is 6.09. The van der Waals surface area contributed by atoms with Crippen molar-refractivity contribution in [2.75, 3.05) is 13.7 Å². The molecule has 1 aromatic rings. The Labute approximate surface area is 97.8 Å².